The van der Waals surface area contributed by atoms with Gasteiger partial charge in [0, 0.05) is 11.9 Å². The zero-order valence-electron chi connectivity index (χ0n) is 10.6. The Balaban J connectivity index is 2.18. The van der Waals surface area contributed by atoms with Gasteiger partial charge in [-0.1, -0.05) is 0 Å². The summed E-state index contributed by atoms with van der Waals surface area (Å²) in [5.41, 5.74) is 2.53. The predicted octanol–water partition coefficient (Wildman–Crippen LogP) is 2.22. The number of rotatable bonds is 2. The molecule has 0 saturated carbocycles. The van der Waals surface area contributed by atoms with E-state index in [0.717, 1.165) is 11.3 Å². The van der Waals surface area contributed by atoms with Crippen molar-refractivity contribution < 1.29 is 4.79 Å². The number of anilines is 1. The number of carbonyl (C=O) groups excluding carboxylic acids is 1. The zero-order chi connectivity index (χ0) is 13.8. The molecule has 2 aromatic heterocycles. The van der Waals surface area contributed by atoms with E-state index >= 15 is 0 Å². The van der Waals surface area contributed by atoms with Gasteiger partial charge in [-0.25, -0.2) is 9.97 Å². The molecule has 0 aliphatic carbocycles. The third-order valence-corrected chi connectivity index (χ3v) is 2.46. The van der Waals surface area contributed by atoms with Crippen molar-refractivity contribution in [1.29, 1.82) is 5.26 Å². The summed E-state index contributed by atoms with van der Waals surface area (Å²) in [6, 6.07) is 8.73. The number of nitriles is 1. The van der Waals surface area contributed by atoms with Gasteiger partial charge in [-0.3, -0.25) is 4.79 Å². The number of pyridine rings is 2. The second-order valence-corrected chi connectivity index (χ2v) is 4.17. The summed E-state index contributed by atoms with van der Waals surface area (Å²) in [4.78, 5) is 20.1. The Morgan fingerprint density at radius 2 is 2.11 bits per heavy atom. The second-order valence-electron chi connectivity index (χ2n) is 4.17. The summed E-state index contributed by atoms with van der Waals surface area (Å²) < 4.78 is 0. The normalized spacial score (nSPS) is 9.74. The number of hydrogen-bond donors (Lipinski definition) is 1. The van der Waals surface area contributed by atoms with Crippen LogP contribution in [0.1, 0.15) is 27.3 Å². The van der Waals surface area contributed by atoms with E-state index in [-0.39, 0.29) is 11.6 Å². The fraction of sp³-hybridized carbons (Fsp3) is 0.143. The van der Waals surface area contributed by atoms with Gasteiger partial charge in [0.25, 0.3) is 5.91 Å². The number of amides is 1. The summed E-state index contributed by atoms with van der Waals surface area (Å²) in [5.74, 6) is 0.149. The van der Waals surface area contributed by atoms with Crippen molar-refractivity contribution >= 4 is 11.7 Å². The lowest BCUT2D eigenvalue weighted by atomic mass is 10.2. The Morgan fingerprint density at radius 1 is 1.32 bits per heavy atom. The molecule has 1 N–H and O–H groups in total. The quantitative estimate of drug-likeness (QED) is 0.888. The van der Waals surface area contributed by atoms with Crippen LogP contribution in [-0.2, 0) is 0 Å². The van der Waals surface area contributed by atoms with E-state index in [2.05, 4.69) is 15.3 Å². The molecule has 2 aromatic rings. The van der Waals surface area contributed by atoms with Crippen LogP contribution in [0.5, 0.6) is 0 Å². The van der Waals surface area contributed by atoms with E-state index < -0.39 is 0 Å². The Morgan fingerprint density at radius 3 is 2.68 bits per heavy atom. The fourth-order valence-electron chi connectivity index (χ4n) is 1.68. The number of aromatic nitrogens is 2. The average molecular weight is 252 g/mol. The van der Waals surface area contributed by atoms with Crippen LogP contribution < -0.4 is 5.32 Å². The SMILES string of the molecule is Cc1cc(C)nc(NC(=O)c2ccc(C#N)cn2)c1. The Hall–Kier alpha value is -2.74. The molecular weight excluding hydrogens is 240 g/mol. The molecule has 0 aliphatic heterocycles. The summed E-state index contributed by atoms with van der Waals surface area (Å²) >= 11 is 0. The van der Waals surface area contributed by atoms with Gasteiger partial charge in [-0.15, -0.1) is 0 Å². The van der Waals surface area contributed by atoms with Crippen molar-refractivity contribution in [2.24, 2.45) is 0 Å². The van der Waals surface area contributed by atoms with Crippen LogP contribution in [0.2, 0.25) is 0 Å². The first-order valence-electron chi connectivity index (χ1n) is 5.71. The summed E-state index contributed by atoms with van der Waals surface area (Å²) in [6.45, 7) is 3.80. The van der Waals surface area contributed by atoms with E-state index in [1.807, 2.05) is 26.0 Å². The summed E-state index contributed by atoms with van der Waals surface area (Å²) in [7, 11) is 0. The largest absolute Gasteiger partial charge is 0.305 e. The zero-order valence-corrected chi connectivity index (χ0v) is 10.6. The lowest BCUT2D eigenvalue weighted by molar-refractivity contribution is 0.102. The molecule has 0 aromatic carbocycles. The second kappa shape index (κ2) is 5.27. The molecule has 0 fully saturated rings. The number of aryl methyl sites for hydroxylation is 2. The third-order valence-electron chi connectivity index (χ3n) is 2.46. The minimum absolute atomic E-state index is 0.250. The molecule has 0 spiro atoms. The van der Waals surface area contributed by atoms with Crippen molar-refractivity contribution in [3.8, 4) is 6.07 Å². The highest BCUT2D eigenvalue weighted by Crippen LogP contribution is 2.10. The lowest BCUT2D eigenvalue weighted by Crippen LogP contribution is -2.14. The average Bonchev–Trinajstić information content (AvgIpc) is 2.37. The molecule has 5 nitrogen and oxygen atoms in total. The van der Waals surface area contributed by atoms with E-state index in [1.54, 1.807) is 12.1 Å². The van der Waals surface area contributed by atoms with Crippen molar-refractivity contribution in [2.75, 3.05) is 5.32 Å². The van der Waals surface area contributed by atoms with Crippen LogP contribution in [0.25, 0.3) is 0 Å². The van der Waals surface area contributed by atoms with Gasteiger partial charge in [0.05, 0.1) is 5.56 Å². The molecular formula is C14H12N4O. The molecule has 0 saturated heterocycles. The first-order valence-corrected chi connectivity index (χ1v) is 5.71. The standard InChI is InChI=1S/C14H12N4O/c1-9-5-10(2)17-13(6-9)18-14(19)12-4-3-11(7-15)8-16-12/h3-6,8H,1-2H3,(H,17,18,19). The van der Waals surface area contributed by atoms with E-state index in [1.165, 1.54) is 12.3 Å². The number of hydrogen-bond acceptors (Lipinski definition) is 4. The van der Waals surface area contributed by atoms with Crippen molar-refractivity contribution in [3.05, 3.63) is 53.0 Å². The highest BCUT2D eigenvalue weighted by Gasteiger charge is 2.08. The number of nitrogens with one attached hydrogen (secondary N) is 1. The first kappa shape index (κ1) is 12.7. The van der Waals surface area contributed by atoms with Gasteiger partial charge >= 0.3 is 0 Å². The van der Waals surface area contributed by atoms with Gasteiger partial charge < -0.3 is 5.32 Å². The Bertz CT molecular complexity index is 636. The molecule has 0 aliphatic rings. The molecule has 1 amide bonds. The maximum atomic E-state index is 11.9. The fourth-order valence-corrected chi connectivity index (χ4v) is 1.68. The van der Waals surface area contributed by atoms with E-state index in [4.69, 9.17) is 5.26 Å². The van der Waals surface area contributed by atoms with Crippen LogP contribution >= 0.6 is 0 Å². The molecule has 94 valence electrons. The number of nitrogens with zero attached hydrogens (tertiary/aromatic N) is 3. The highest BCUT2D eigenvalue weighted by molar-refractivity contribution is 6.02. The molecule has 2 rings (SSSR count). The van der Waals surface area contributed by atoms with Crippen molar-refractivity contribution in [2.45, 2.75) is 13.8 Å². The van der Waals surface area contributed by atoms with Gasteiger partial charge in [-0.05, 0) is 43.7 Å². The van der Waals surface area contributed by atoms with Crippen LogP contribution in [0.3, 0.4) is 0 Å². The first-order chi connectivity index (χ1) is 9.08. The molecule has 2 heterocycles. The monoisotopic (exact) mass is 252 g/mol. The van der Waals surface area contributed by atoms with Gasteiger partial charge in [0.2, 0.25) is 0 Å². The lowest BCUT2D eigenvalue weighted by Gasteiger charge is -2.06. The maximum Gasteiger partial charge on any atom is 0.275 e. The van der Waals surface area contributed by atoms with Gasteiger partial charge in [-0.2, -0.15) is 5.26 Å². The van der Waals surface area contributed by atoms with E-state index in [9.17, 15) is 4.79 Å². The third kappa shape index (κ3) is 3.13. The minimum Gasteiger partial charge on any atom is -0.305 e. The molecule has 5 heteroatoms. The summed E-state index contributed by atoms with van der Waals surface area (Å²) in [5, 5.41) is 11.3. The molecule has 19 heavy (non-hydrogen) atoms. The van der Waals surface area contributed by atoms with Crippen molar-refractivity contribution in [3.63, 3.8) is 0 Å². The number of carbonyl (C=O) groups is 1. The predicted molar refractivity (Wildman–Crippen MR) is 70.6 cm³/mol. The topological polar surface area (TPSA) is 78.7 Å². The van der Waals surface area contributed by atoms with Gasteiger partial charge in [0.15, 0.2) is 0 Å². The van der Waals surface area contributed by atoms with Crippen molar-refractivity contribution in [1.82, 2.24) is 9.97 Å². The van der Waals surface area contributed by atoms with E-state index in [0.29, 0.717) is 11.4 Å². The maximum absolute atomic E-state index is 11.9. The molecule has 0 atom stereocenters. The van der Waals surface area contributed by atoms with Crippen LogP contribution in [0, 0.1) is 25.2 Å². The van der Waals surface area contributed by atoms with Gasteiger partial charge in [0.1, 0.15) is 17.6 Å². The van der Waals surface area contributed by atoms with Crippen LogP contribution in [0.4, 0.5) is 5.82 Å². The molecule has 0 bridgehead atoms. The van der Waals surface area contributed by atoms with Crippen LogP contribution in [0.15, 0.2) is 30.5 Å². The smallest absolute Gasteiger partial charge is 0.275 e. The minimum atomic E-state index is -0.345. The highest BCUT2D eigenvalue weighted by atomic mass is 16.1. The summed E-state index contributed by atoms with van der Waals surface area (Å²) in [6.07, 6.45) is 1.36. The molecule has 0 radical (unpaired) electrons. The van der Waals surface area contributed by atoms with Crippen LogP contribution in [-0.4, -0.2) is 15.9 Å². The molecule has 0 unspecified atom stereocenters. The Labute approximate surface area is 110 Å². The Kier molecular flexibility index (Phi) is 3.53.